The zero-order valence-corrected chi connectivity index (χ0v) is 13.2. The summed E-state index contributed by atoms with van der Waals surface area (Å²) in [6.45, 7) is 1.24. The zero-order valence-electron chi connectivity index (χ0n) is 13.2. The van der Waals surface area contributed by atoms with Gasteiger partial charge in [0.05, 0.1) is 0 Å². The van der Waals surface area contributed by atoms with Crippen LogP contribution in [0.3, 0.4) is 0 Å². The molecule has 1 heterocycles. The third-order valence-corrected chi connectivity index (χ3v) is 4.20. The Balaban J connectivity index is 1.65. The average molecular weight is 308 g/mol. The van der Waals surface area contributed by atoms with Crippen molar-refractivity contribution in [2.45, 2.75) is 6.42 Å². The minimum Gasteiger partial charge on any atom is -0.352 e. The number of nitrogens with zero attached hydrogens (tertiary/aromatic N) is 1. The van der Waals surface area contributed by atoms with E-state index in [1.165, 1.54) is 0 Å². The number of hydrogen-bond acceptors (Lipinski definition) is 2. The van der Waals surface area contributed by atoms with Crippen molar-refractivity contribution < 1.29 is 9.59 Å². The average Bonchev–Trinajstić information content (AvgIpc) is 2.92. The molecule has 0 radical (unpaired) electrons. The molecular formula is C19H20N2O2. The van der Waals surface area contributed by atoms with Gasteiger partial charge >= 0.3 is 0 Å². The minimum atomic E-state index is -0.0928. The summed E-state index contributed by atoms with van der Waals surface area (Å²) in [5.41, 5.74) is 2.75. The summed E-state index contributed by atoms with van der Waals surface area (Å²) < 4.78 is 0. The molecule has 2 aromatic carbocycles. The molecule has 1 fully saturated rings. The molecule has 0 bridgehead atoms. The predicted molar refractivity (Wildman–Crippen MR) is 90.0 cm³/mol. The molecular weight excluding hydrogens is 288 g/mol. The molecule has 0 aromatic heterocycles. The Hall–Kier alpha value is -2.62. The maximum atomic E-state index is 12.3. The maximum absolute atomic E-state index is 12.3. The van der Waals surface area contributed by atoms with Crippen LogP contribution in [0.4, 0.5) is 0 Å². The highest BCUT2D eigenvalue weighted by Crippen LogP contribution is 2.20. The van der Waals surface area contributed by atoms with Gasteiger partial charge in [0.15, 0.2) is 0 Å². The third-order valence-electron chi connectivity index (χ3n) is 4.20. The van der Waals surface area contributed by atoms with Gasteiger partial charge in [0.25, 0.3) is 5.91 Å². The van der Waals surface area contributed by atoms with Crippen LogP contribution in [0.2, 0.25) is 0 Å². The summed E-state index contributed by atoms with van der Waals surface area (Å²) in [7, 11) is 1.80. The van der Waals surface area contributed by atoms with Crippen LogP contribution in [-0.4, -0.2) is 36.9 Å². The Morgan fingerprint density at radius 3 is 2.57 bits per heavy atom. The largest absolute Gasteiger partial charge is 0.352 e. The van der Waals surface area contributed by atoms with E-state index in [-0.39, 0.29) is 17.7 Å². The van der Waals surface area contributed by atoms with Crippen LogP contribution in [-0.2, 0) is 4.79 Å². The molecule has 1 aliphatic rings. The van der Waals surface area contributed by atoms with Crippen LogP contribution in [0.5, 0.6) is 0 Å². The molecule has 118 valence electrons. The van der Waals surface area contributed by atoms with Crippen LogP contribution in [0.1, 0.15) is 16.8 Å². The molecule has 1 N–H and O–H groups in total. The molecule has 4 heteroatoms. The number of benzene rings is 2. The number of carbonyl (C=O) groups excluding carboxylic acids is 2. The lowest BCUT2D eigenvalue weighted by Crippen LogP contribution is -2.30. The Morgan fingerprint density at radius 1 is 1.13 bits per heavy atom. The highest BCUT2D eigenvalue weighted by molar-refractivity contribution is 5.95. The summed E-state index contributed by atoms with van der Waals surface area (Å²) in [5.74, 6) is 0.258. The van der Waals surface area contributed by atoms with Gasteiger partial charge in [0.2, 0.25) is 5.91 Å². The molecule has 0 aliphatic carbocycles. The van der Waals surface area contributed by atoms with E-state index in [1.54, 1.807) is 11.9 Å². The van der Waals surface area contributed by atoms with Crippen LogP contribution >= 0.6 is 0 Å². The van der Waals surface area contributed by atoms with Gasteiger partial charge in [-0.3, -0.25) is 9.59 Å². The van der Waals surface area contributed by atoms with Crippen molar-refractivity contribution in [2.75, 3.05) is 20.1 Å². The van der Waals surface area contributed by atoms with Crippen LogP contribution in [0.15, 0.2) is 54.6 Å². The van der Waals surface area contributed by atoms with Gasteiger partial charge in [-0.1, -0.05) is 42.5 Å². The van der Waals surface area contributed by atoms with Crippen LogP contribution in [0.25, 0.3) is 11.1 Å². The molecule has 2 aromatic rings. The fourth-order valence-electron chi connectivity index (χ4n) is 2.90. The predicted octanol–water partition coefficient (Wildman–Crippen LogP) is 2.56. The lowest BCUT2D eigenvalue weighted by molar-refractivity contribution is -0.126. The second-order valence-corrected chi connectivity index (χ2v) is 6.00. The molecule has 1 unspecified atom stereocenters. The highest BCUT2D eigenvalue weighted by atomic mass is 16.2. The van der Waals surface area contributed by atoms with E-state index in [4.69, 9.17) is 0 Å². The van der Waals surface area contributed by atoms with Gasteiger partial charge in [-0.2, -0.15) is 0 Å². The third kappa shape index (κ3) is 3.59. The molecule has 1 saturated heterocycles. The maximum Gasteiger partial charge on any atom is 0.251 e. The summed E-state index contributed by atoms with van der Waals surface area (Å²) in [4.78, 5) is 25.6. The van der Waals surface area contributed by atoms with E-state index in [2.05, 4.69) is 5.32 Å². The number of hydrogen-bond donors (Lipinski definition) is 1. The van der Waals surface area contributed by atoms with Crippen LogP contribution < -0.4 is 5.32 Å². The number of likely N-dealkylation sites (tertiary alicyclic amines) is 1. The topological polar surface area (TPSA) is 49.4 Å². The van der Waals surface area contributed by atoms with E-state index in [0.717, 1.165) is 11.1 Å². The van der Waals surface area contributed by atoms with Crippen molar-refractivity contribution in [3.05, 3.63) is 60.2 Å². The monoisotopic (exact) mass is 308 g/mol. The van der Waals surface area contributed by atoms with Crippen LogP contribution in [0, 0.1) is 5.92 Å². The van der Waals surface area contributed by atoms with Crippen molar-refractivity contribution in [3.8, 4) is 11.1 Å². The Morgan fingerprint density at radius 2 is 1.87 bits per heavy atom. The van der Waals surface area contributed by atoms with Gasteiger partial charge in [0, 0.05) is 38.0 Å². The SMILES string of the molecule is CN1CC(CNC(=O)c2cccc(-c3ccccc3)c2)CC1=O. The van der Waals surface area contributed by atoms with Crippen molar-refractivity contribution in [1.29, 1.82) is 0 Å². The highest BCUT2D eigenvalue weighted by Gasteiger charge is 2.26. The summed E-state index contributed by atoms with van der Waals surface area (Å²) >= 11 is 0. The second kappa shape index (κ2) is 6.65. The normalized spacial score (nSPS) is 17.3. The molecule has 23 heavy (non-hydrogen) atoms. The van der Waals surface area contributed by atoms with E-state index < -0.39 is 0 Å². The molecule has 1 atom stereocenters. The standard InChI is InChI=1S/C19H20N2O2/c1-21-13-14(10-18(21)22)12-20-19(23)17-9-5-8-16(11-17)15-6-3-2-4-7-15/h2-9,11,14H,10,12-13H2,1H3,(H,20,23). The van der Waals surface area contributed by atoms with Crippen molar-refractivity contribution >= 4 is 11.8 Å². The van der Waals surface area contributed by atoms with E-state index >= 15 is 0 Å². The first-order chi connectivity index (χ1) is 11.1. The van der Waals surface area contributed by atoms with Gasteiger partial charge in [-0.05, 0) is 23.3 Å². The molecule has 1 aliphatic heterocycles. The lowest BCUT2D eigenvalue weighted by atomic mass is 10.0. The number of amides is 2. The summed E-state index contributed by atoms with van der Waals surface area (Å²) in [5, 5.41) is 2.94. The minimum absolute atomic E-state index is 0.0928. The Labute approximate surface area is 136 Å². The van der Waals surface area contributed by atoms with Gasteiger partial charge < -0.3 is 10.2 Å². The smallest absolute Gasteiger partial charge is 0.251 e. The first-order valence-electron chi connectivity index (χ1n) is 7.81. The number of rotatable bonds is 4. The fraction of sp³-hybridized carbons (Fsp3) is 0.263. The van der Waals surface area contributed by atoms with E-state index in [0.29, 0.717) is 25.1 Å². The zero-order chi connectivity index (χ0) is 16.2. The van der Waals surface area contributed by atoms with Crippen molar-refractivity contribution in [1.82, 2.24) is 10.2 Å². The summed E-state index contributed by atoms with van der Waals surface area (Å²) in [6.07, 6.45) is 0.515. The first-order valence-corrected chi connectivity index (χ1v) is 7.81. The Kier molecular flexibility index (Phi) is 4.42. The van der Waals surface area contributed by atoms with Gasteiger partial charge in [0.1, 0.15) is 0 Å². The van der Waals surface area contributed by atoms with E-state index in [1.807, 2.05) is 54.6 Å². The molecule has 0 saturated carbocycles. The molecule has 3 rings (SSSR count). The lowest BCUT2D eigenvalue weighted by Gasteiger charge is -2.12. The number of nitrogens with one attached hydrogen (secondary N) is 1. The quantitative estimate of drug-likeness (QED) is 0.943. The summed E-state index contributed by atoms with van der Waals surface area (Å²) in [6, 6.07) is 17.6. The molecule has 4 nitrogen and oxygen atoms in total. The van der Waals surface area contributed by atoms with Gasteiger partial charge in [-0.15, -0.1) is 0 Å². The van der Waals surface area contributed by atoms with Crippen molar-refractivity contribution in [2.24, 2.45) is 5.92 Å². The Bertz CT molecular complexity index is 712. The van der Waals surface area contributed by atoms with E-state index in [9.17, 15) is 9.59 Å². The fourth-order valence-corrected chi connectivity index (χ4v) is 2.90. The molecule has 0 spiro atoms. The number of carbonyl (C=O) groups is 2. The van der Waals surface area contributed by atoms with Crippen molar-refractivity contribution in [3.63, 3.8) is 0 Å². The molecule has 2 amide bonds. The first kappa shape index (κ1) is 15.3. The van der Waals surface area contributed by atoms with Gasteiger partial charge in [-0.25, -0.2) is 0 Å². The second-order valence-electron chi connectivity index (χ2n) is 6.00.